The van der Waals surface area contributed by atoms with Crippen LogP contribution in [0.3, 0.4) is 0 Å². The van der Waals surface area contributed by atoms with E-state index in [0.717, 1.165) is 16.6 Å². The van der Waals surface area contributed by atoms with E-state index in [0.29, 0.717) is 6.54 Å². The minimum atomic E-state index is 0.174. The van der Waals surface area contributed by atoms with Crippen molar-refractivity contribution < 1.29 is 0 Å². The van der Waals surface area contributed by atoms with E-state index < -0.39 is 0 Å². The molecule has 0 atom stereocenters. The van der Waals surface area contributed by atoms with Crippen LogP contribution in [0.5, 0.6) is 0 Å². The second-order valence-electron chi connectivity index (χ2n) is 4.40. The van der Waals surface area contributed by atoms with Crippen molar-refractivity contribution in [2.24, 2.45) is 12.0 Å². The Labute approximate surface area is 94.2 Å². The van der Waals surface area contributed by atoms with Gasteiger partial charge in [0.15, 0.2) is 5.17 Å². The summed E-state index contributed by atoms with van der Waals surface area (Å²) < 4.78 is 1.80. The lowest BCUT2D eigenvalue weighted by Crippen LogP contribution is -2.36. The Hall–Kier alpha value is -0.970. The fraction of sp³-hybridized carbons (Fsp3) is 0.600. The van der Waals surface area contributed by atoms with E-state index in [1.54, 1.807) is 16.4 Å². The number of rotatable bonds is 2. The first-order valence-corrected chi connectivity index (χ1v) is 5.98. The van der Waals surface area contributed by atoms with E-state index in [1.807, 2.05) is 19.3 Å². The molecule has 1 N–H and O–H groups in total. The molecule has 5 heteroatoms. The van der Waals surface area contributed by atoms with Crippen LogP contribution in [0.1, 0.15) is 19.5 Å². The molecule has 2 heterocycles. The number of aryl methyl sites for hydroxylation is 1. The number of thioether (sulfide) groups is 1. The fourth-order valence-corrected chi connectivity index (χ4v) is 2.47. The molecule has 0 aromatic carbocycles. The van der Waals surface area contributed by atoms with Crippen molar-refractivity contribution in [2.75, 3.05) is 5.75 Å². The number of nitrogens with one attached hydrogen (secondary N) is 1. The van der Waals surface area contributed by atoms with Gasteiger partial charge in [0.1, 0.15) is 0 Å². The second-order valence-corrected chi connectivity index (χ2v) is 5.36. The predicted octanol–water partition coefficient (Wildman–Crippen LogP) is 1.39. The Morgan fingerprint density at radius 1 is 1.67 bits per heavy atom. The lowest BCUT2D eigenvalue weighted by Gasteiger charge is -2.15. The van der Waals surface area contributed by atoms with Gasteiger partial charge in [-0.25, -0.2) is 0 Å². The maximum Gasteiger partial charge on any atom is 0.157 e. The first kappa shape index (κ1) is 10.5. The summed E-state index contributed by atoms with van der Waals surface area (Å²) in [4.78, 5) is 4.50. The molecule has 0 radical (unpaired) electrons. The van der Waals surface area contributed by atoms with Crippen LogP contribution in [0.15, 0.2) is 17.3 Å². The molecule has 1 fully saturated rings. The number of aromatic nitrogens is 2. The quantitative estimate of drug-likeness (QED) is 0.825. The molecule has 0 aliphatic carbocycles. The van der Waals surface area contributed by atoms with E-state index in [-0.39, 0.29) is 5.54 Å². The van der Waals surface area contributed by atoms with Gasteiger partial charge in [-0.3, -0.25) is 9.67 Å². The zero-order chi connectivity index (χ0) is 10.9. The van der Waals surface area contributed by atoms with Crippen molar-refractivity contribution in [3.8, 4) is 0 Å². The minimum Gasteiger partial charge on any atom is -0.359 e. The number of aliphatic imine (C=N–C) groups is 1. The van der Waals surface area contributed by atoms with Crippen LogP contribution in [0.2, 0.25) is 0 Å². The molecule has 0 spiro atoms. The molecule has 0 amide bonds. The fourth-order valence-electron chi connectivity index (χ4n) is 1.40. The minimum absolute atomic E-state index is 0.174. The molecule has 1 aromatic rings. The van der Waals surface area contributed by atoms with Crippen molar-refractivity contribution in [1.82, 2.24) is 15.1 Å². The number of hydrogen-bond donors (Lipinski definition) is 1. The van der Waals surface area contributed by atoms with Gasteiger partial charge >= 0.3 is 0 Å². The summed E-state index contributed by atoms with van der Waals surface area (Å²) in [5.74, 6) is 1.08. The van der Waals surface area contributed by atoms with Crippen LogP contribution in [0, 0.1) is 0 Å². The molecular formula is C10H16N4S. The molecule has 0 saturated carbocycles. The van der Waals surface area contributed by atoms with Gasteiger partial charge in [0.25, 0.3) is 0 Å². The molecule has 1 saturated heterocycles. The van der Waals surface area contributed by atoms with Crippen molar-refractivity contribution in [3.05, 3.63) is 18.0 Å². The summed E-state index contributed by atoms with van der Waals surface area (Å²) in [5, 5.41) is 8.70. The third kappa shape index (κ3) is 2.75. The molecule has 1 aliphatic heterocycles. The normalized spacial score (nSPS) is 21.9. The lowest BCUT2D eigenvalue weighted by atomic mass is 10.1. The zero-order valence-corrected chi connectivity index (χ0v) is 10.1. The van der Waals surface area contributed by atoms with Gasteiger partial charge in [-0.05, 0) is 19.9 Å². The molecule has 1 aliphatic rings. The molecule has 1 aromatic heterocycles. The van der Waals surface area contributed by atoms with Gasteiger partial charge in [0, 0.05) is 24.5 Å². The Kier molecular flexibility index (Phi) is 2.73. The Bertz CT molecular complexity index is 381. The first-order chi connectivity index (χ1) is 7.05. The lowest BCUT2D eigenvalue weighted by molar-refractivity contribution is 0.536. The third-order valence-corrected chi connectivity index (χ3v) is 3.54. The van der Waals surface area contributed by atoms with Crippen LogP contribution in [-0.4, -0.2) is 26.2 Å². The largest absolute Gasteiger partial charge is 0.359 e. The predicted molar refractivity (Wildman–Crippen MR) is 64.0 cm³/mol. The van der Waals surface area contributed by atoms with E-state index in [1.165, 1.54) is 0 Å². The van der Waals surface area contributed by atoms with Gasteiger partial charge in [-0.2, -0.15) is 5.10 Å². The van der Waals surface area contributed by atoms with Crippen LogP contribution < -0.4 is 5.32 Å². The average molecular weight is 224 g/mol. The highest BCUT2D eigenvalue weighted by Crippen LogP contribution is 2.22. The highest BCUT2D eigenvalue weighted by Gasteiger charge is 2.26. The molecule has 15 heavy (non-hydrogen) atoms. The van der Waals surface area contributed by atoms with Crippen molar-refractivity contribution >= 4 is 16.9 Å². The Morgan fingerprint density at radius 2 is 2.47 bits per heavy atom. The first-order valence-electron chi connectivity index (χ1n) is 4.99. The van der Waals surface area contributed by atoms with Gasteiger partial charge in [0.05, 0.1) is 12.2 Å². The van der Waals surface area contributed by atoms with E-state index in [9.17, 15) is 0 Å². The summed E-state index contributed by atoms with van der Waals surface area (Å²) in [6, 6.07) is 1.99. The van der Waals surface area contributed by atoms with Gasteiger partial charge in [0.2, 0.25) is 0 Å². The van der Waals surface area contributed by atoms with Crippen molar-refractivity contribution in [3.63, 3.8) is 0 Å². The Morgan fingerprint density at radius 3 is 3.00 bits per heavy atom. The van der Waals surface area contributed by atoms with Gasteiger partial charge in [-0.15, -0.1) is 0 Å². The highest BCUT2D eigenvalue weighted by molar-refractivity contribution is 8.14. The second kappa shape index (κ2) is 3.89. The molecular weight excluding hydrogens is 208 g/mol. The van der Waals surface area contributed by atoms with Gasteiger partial charge in [-0.1, -0.05) is 11.8 Å². The summed E-state index contributed by atoms with van der Waals surface area (Å²) in [6.45, 7) is 5.03. The van der Waals surface area contributed by atoms with E-state index >= 15 is 0 Å². The average Bonchev–Trinajstić information content (AvgIpc) is 2.69. The zero-order valence-electron chi connectivity index (χ0n) is 9.32. The summed E-state index contributed by atoms with van der Waals surface area (Å²) in [7, 11) is 1.92. The van der Waals surface area contributed by atoms with Crippen LogP contribution in [0.25, 0.3) is 0 Å². The van der Waals surface area contributed by atoms with E-state index in [2.05, 4.69) is 29.3 Å². The summed E-state index contributed by atoms with van der Waals surface area (Å²) >= 11 is 1.78. The topological polar surface area (TPSA) is 42.2 Å². The van der Waals surface area contributed by atoms with Crippen LogP contribution in [-0.2, 0) is 13.6 Å². The van der Waals surface area contributed by atoms with E-state index in [4.69, 9.17) is 0 Å². The summed E-state index contributed by atoms with van der Waals surface area (Å²) in [5.41, 5.74) is 1.19. The Balaban J connectivity index is 1.95. The standard InChI is InChI=1S/C10H16N4S/c1-10(2)7-15-9(12-10)11-6-8-4-5-14(3)13-8/h4-5H,6-7H2,1-3H3,(H,11,12). The summed E-state index contributed by atoms with van der Waals surface area (Å²) in [6.07, 6.45) is 1.94. The number of amidine groups is 1. The van der Waals surface area contributed by atoms with Crippen molar-refractivity contribution in [1.29, 1.82) is 0 Å². The van der Waals surface area contributed by atoms with Gasteiger partial charge < -0.3 is 5.32 Å². The molecule has 82 valence electrons. The molecule has 4 nitrogen and oxygen atoms in total. The monoisotopic (exact) mass is 224 g/mol. The molecule has 2 rings (SSSR count). The van der Waals surface area contributed by atoms with Crippen LogP contribution >= 0.6 is 11.8 Å². The van der Waals surface area contributed by atoms with Crippen LogP contribution in [0.4, 0.5) is 0 Å². The molecule has 0 bridgehead atoms. The molecule has 0 unspecified atom stereocenters. The number of hydrogen-bond acceptors (Lipinski definition) is 3. The smallest absolute Gasteiger partial charge is 0.157 e. The highest BCUT2D eigenvalue weighted by atomic mass is 32.2. The maximum absolute atomic E-state index is 4.50. The number of nitrogens with zero attached hydrogens (tertiary/aromatic N) is 3. The van der Waals surface area contributed by atoms with Crippen molar-refractivity contribution in [2.45, 2.75) is 25.9 Å². The third-order valence-electron chi connectivity index (χ3n) is 2.17. The maximum atomic E-state index is 4.50. The SMILES string of the molecule is Cn1ccc(CN=C2NC(C)(C)CS2)n1.